The lowest BCUT2D eigenvalue weighted by Gasteiger charge is -2.38. The number of anilines is 1. The molecule has 0 atom stereocenters. The minimum atomic E-state index is -6.29. The molecule has 142 valence electrons. The molecular weight excluding hydrogens is 379 g/mol. The lowest BCUT2D eigenvalue weighted by molar-refractivity contribution is -0.367. The lowest BCUT2D eigenvalue weighted by atomic mass is 9.80. The van der Waals surface area contributed by atoms with E-state index in [0.29, 0.717) is 5.69 Å². The van der Waals surface area contributed by atoms with Crippen LogP contribution in [0.5, 0.6) is 0 Å². The van der Waals surface area contributed by atoms with Gasteiger partial charge in [-0.1, -0.05) is 11.6 Å². The van der Waals surface area contributed by atoms with Crippen LogP contribution in [0.25, 0.3) is 0 Å². The van der Waals surface area contributed by atoms with Crippen molar-refractivity contribution in [3.8, 4) is 0 Å². The van der Waals surface area contributed by atoms with Crippen LogP contribution < -0.4 is 5.32 Å². The van der Waals surface area contributed by atoms with Gasteiger partial charge in [0.05, 0.1) is 5.69 Å². The number of rotatable bonds is 4. The molecule has 25 heavy (non-hydrogen) atoms. The Morgan fingerprint density at radius 1 is 1.00 bits per heavy atom. The first-order valence-corrected chi connectivity index (χ1v) is 7.81. The van der Waals surface area contributed by atoms with E-state index in [0.717, 1.165) is 0 Å². The molecule has 1 N–H and O–H groups in total. The summed E-state index contributed by atoms with van der Waals surface area (Å²) in [6.07, 6.45) is -6.01. The molecule has 0 unspecified atom stereocenters. The highest BCUT2D eigenvalue weighted by atomic mass is 35.5. The fourth-order valence-electron chi connectivity index (χ4n) is 2.80. The SMILES string of the molecule is Cc1ncnc(NC2CCC(C(F)(F)C(F)(F)C(F)(F)F)CC2)c1Cl. The predicted molar refractivity (Wildman–Crippen MR) is 77.1 cm³/mol. The summed E-state index contributed by atoms with van der Waals surface area (Å²) in [5.74, 6) is -13.0. The van der Waals surface area contributed by atoms with Crippen LogP contribution in [0.3, 0.4) is 0 Å². The first-order valence-electron chi connectivity index (χ1n) is 7.44. The number of halogens is 8. The number of nitrogens with one attached hydrogen (secondary N) is 1. The molecule has 1 aromatic rings. The van der Waals surface area contributed by atoms with Crippen molar-refractivity contribution in [1.29, 1.82) is 0 Å². The standard InChI is InChI=1S/C14H15ClF7N3/c1-7-10(15)11(24-6-23-7)25-9-4-2-8(3-5-9)12(16,17)13(18,19)14(20,21)22/h6,8-9H,2-5H2,1H3,(H,23,24,25). The van der Waals surface area contributed by atoms with E-state index in [-0.39, 0.29) is 23.7 Å². The molecule has 1 aromatic heterocycles. The number of alkyl halides is 7. The Morgan fingerprint density at radius 2 is 1.56 bits per heavy atom. The van der Waals surface area contributed by atoms with Gasteiger partial charge in [0.2, 0.25) is 0 Å². The van der Waals surface area contributed by atoms with E-state index in [9.17, 15) is 30.7 Å². The van der Waals surface area contributed by atoms with Gasteiger partial charge in [-0.2, -0.15) is 30.7 Å². The second-order valence-electron chi connectivity index (χ2n) is 6.01. The zero-order chi connectivity index (χ0) is 19.0. The molecule has 2 rings (SSSR count). The third-order valence-electron chi connectivity index (χ3n) is 4.32. The van der Waals surface area contributed by atoms with Crippen molar-refractivity contribution in [3.63, 3.8) is 0 Å². The van der Waals surface area contributed by atoms with Crippen molar-refractivity contribution in [1.82, 2.24) is 9.97 Å². The minimum Gasteiger partial charge on any atom is -0.366 e. The van der Waals surface area contributed by atoms with Crippen molar-refractivity contribution in [2.24, 2.45) is 5.92 Å². The molecule has 1 aliphatic carbocycles. The summed E-state index contributed by atoms with van der Waals surface area (Å²) in [6, 6.07) is -0.404. The van der Waals surface area contributed by atoms with Crippen LogP contribution in [-0.2, 0) is 0 Å². The smallest absolute Gasteiger partial charge is 0.366 e. The Hall–Kier alpha value is -1.32. The van der Waals surface area contributed by atoms with Crippen LogP contribution in [0.2, 0.25) is 5.02 Å². The Bertz CT molecular complexity index is 613. The van der Waals surface area contributed by atoms with Gasteiger partial charge in [-0.25, -0.2) is 9.97 Å². The second-order valence-corrected chi connectivity index (χ2v) is 6.39. The third kappa shape index (κ3) is 3.78. The number of hydrogen-bond donors (Lipinski definition) is 1. The summed E-state index contributed by atoms with van der Waals surface area (Å²) < 4.78 is 90.4. The van der Waals surface area contributed by atoms with Crippen LogP contribution >= 0.6 is 11.6 Å². The molecule has 11 heteroatoms. The molecule has 0 amide bonds. The Labute approximate surface area is 144 Å². The summed E-state index contributed by atoms with van der Waals surface area (Å²) in [5, 5.41) is 3.13. The summed E-state index contributed by atoms with van der Waals surface area (Å²) in [5.41, 5.74) is 0.490. The normalized spacial score (nSPS) is 22.8. The molecule has 3 nitrogen and oxygen atoms in total. The first kappa shape index (κ1) is 20.0. The zero-order valence-corrected chi connectivity index (χ0v) is 13.7. The maximum atomic E-state index is 13.7. The predicted octanol–water partition coefficient (Wildman–Crippen LogP) is 5.24. The van der Waals surface area contributed by atoms with Gasteiger partial charge in [-0.15, -0.1) is 0 Å². The monoisotopic (exact) mass is 393 g/mol. The van der Waals surface area contributed by atoms with E-state index in [1.165, 1.54) is 6.33 Å². The quantitative estimate of drug-likeness (QED) is 0.711. The number of aryl methyl sites for hydroxylation is 1. The van der Waals surface area contributed by atoms with E-state index in [1.54, 1.807) is 6.92 Å². The summed E-state index contributed by atoms with van der Waals surface area (Å²) in [4.78, 5) is 7.76. The molecule has 0 radical (unpaired) electrons. The van der Waals surface area contributed by atoms with Crippen molar-refractivity contribution in [3.05, 3.63) is 17.0 Å². The molecule has 1 heterocycles. The van der Waals surface area contributed by atoms with Crippen molar-refractivity contribution >= 4 is 17.4 Å². The Morgan fingerprint density at radius 3 is 2.08 bits per heavy atom. The molecule has 0 aliphatic heterocycles. The highest BCUT2D eigenvalue weighted by Crippen LogP contribution is 2.53. The summed E-state index contributed by atoms with van der Waals surface area (Å²) >= 11 is 5.99. The van der Waals surface area contributed by atoms with E-state index < -0.39 is 42.8 Å². The molecular formula is C14H15ClF7N3. The number of hydrogen-bond acceptors (Lipinski definition) is 3. The van der Waals surface area contributed by atoms with E-state index in [1.807, 2.05) is 0 Å². The molecule has 0 spiro atoms. The highest BCUT2D eigenvalue weighted by Gasteiger charge is 2.74. The van der Waals surface area contributed by atoms with Gasteiger partial charge < -0.3 is 5.32 Å². The maximum Gasteiger partial charge on any atom is 0.459 e. The van der Waals surface area contributed by atoms with Gasteiger partial charge in [0.15, 0.2) is 0 Å². The fraction of sp³-hybridized carbons (Fsp3) is 0.714. The van der Waals surface area contributed by atoms with Gasteiger partial charge in [-0.3, -0.25) is 0 Å². The molecule has 1 fully saturated rings. The fourth-order valence-corrected chi connectivity index (χ4v) is 2.95. The van der Waals surface area contributed by atoms with Gasteiger partial charge in [0.1, 0.15) is 17.2 Å². The second kappa shape index (κ2) is 6.77. The minimum absolute atomic E-state index is 0.00638. The largest absolute Gasteiger partial charge is 0.459 e. The number of aromatic nitrogens is 2. The van der Waals surface area contributed by atoms with Crippen molar-refractivity contribution < 1.29 is 30.7 Å². The van der Waals surface area contributed by atoms with Gasteiger partial charge >= 0.3 is 18.0 Å². The van der Waals surface area contributed by atoms with E-state index in [2.05, 4.69) is 15.3 Å². The average molecular weight is 394 g/mol. The van der Waals surface area contributed by atoms with Gasteiger partial charge in [-0.05, 0) is 32.6 Å². The Balaban J connectivity index is 2.03. The van der Waals surface area contributed by atoms with Crippen LogP contribution in [-0.4, -0.2) is 34.0 Å². The summed E-state index contributed by atoms with van der Waals surface area (Å²) in [7, 11) is 0. The molecule has 1 saturated carbocycles. The third-order valence-corrected chi connectivity index (χ3v) is 4.77. The van der Waals surface area contributed by atoms with Crippen LogP contribution in [0.4, 0.5) is 36.6 Å². The topological polar surface area (TPSA) is 37.8 Å². The lowest BCUT2D eigenvalue weighted by Crippen LogP contribution is -2.56. The maximum absolute atomic E-state index is 13.7. The van der Waals surface area contributed by atoms with Gasteiger partial charge in [0, 0.05) is 12.0 Å². The highest BCUT2D eigenvalue weighted by molar-refractivity contribution is 6.33. The molecule has 0 bridgehead atoms. The van der Waals surface area contributed by atoms with Crippen LogP contribution in [0, 0.1) is 12.8 Å². The Kier molecular flexibility index (Phi) is 5.42. The van der Waals surface area contributed by atoms with Crippen LogP contribution in [0.1, 0.15) is 31.4 Å². The average Bonchev–Trinajstić information content (AvgIpc) is 2.51. The first-order chi connectivity index (χ1) is 11.4. The van der Waals surface area contributed by atoms with E-state index >= 15 is 0 Å². The van der Waals surface area contributed by atoms with Crippen molar-refractivity contribution in [2.45, 2.75) is 56.7 Å². The van der Waals surface area contributed by atoms with Crippen molar-refractivity contribution in [2.75, 3.05) is 5.32 Å². The molecule has 1 aliphatic rings. The molecule has 0 aromatic carbocycles. The van der Waals surface area contributed by atoms with E-state index in [4.69, 9.17) is 11.6 Å². The molecule has 0 saturated heterocycles. The van der Waals surface area contributed by atoms with Crippen LogP contribution in [0.15, 0.2) is 6.33 Å². The number of nitrogens with zero attached hydrogens (tertiary/aromatic N) is 2. The zero-order valence-electron chi connectivity index (χ0n) is 13.0. The summed E-state index contributed by atoms with van der Waals surface area (Å²) in [6.45, 7) is 1.63. The van der Waals surface area contributed by atoms with Gasteiger partial charge in [0.25, 0.3) is 0 Å².